The molecule has 0 aliphatic carbocycles. The van der Waals surface area contributed by atoms with Crippen LogP contribution in [0.2, 0.25) is 0 Å². The van der Waals surface area contributed by atoms with Crippen molar-refractivity contribution in [2.75, 3.05) is 17.6 Å². The molecule has 21 heavy (non-hydrogen) atoms. The molecular formula is C14H17N5OS. The van der Waals surface area contributed by atoms with E-state index in [4.69, 9.17) is 5.73 Å². The van der Waals surface area contributed by atoms with Crippen LogP contribution >= 0.6 is 11.3 Å². The zero-order valence-corrected chi connectivity index (χ0v) is 12.7. The average Bonchev–Trinajstić information content (AvgIpc) is 2.91. The van der Waals surface area contributed by atoms with Crippen molar-refractivity contribution in [2.24, 2.45) is 5.10 Å². The predicted octanol–water partition coefficient (Wildman–Crippen LogP) is 1.99. The van der Waals surface area contributed by atoms with Gasteiger partial charge in [-0.25, -0.2) is 10.4 Å². The topological polar surface area (TPSA) is 92.4 Å². The number of thiazole rings is 1. The van der Waals surface area contributed by atoms with Gasteiger partial charge < -0.3 is 11.1 Å². The number of hydrazone groups is 1. The van der Waals surface area contributed by atoms with Gasteiger partial charge in [-0.1, -0.05) is 17.7 Å². The van der Waals surface area contributed by atoms with Crippen LogP contribution in [0.5, 0.6) is 0 Å². The molecule has 2 rings (SSSR count). The number of hydrogen-bond acceptors (Lipinski definition) is 6. The molecule has 0 unspecified atom stereocenters. The normalized spacial score (nSPS) is 11.2. The number of nitrogens with one attached hydrogen (secondary N) is 2. The Morgan fingerprint density at radius 2 is 2.10 bits per heavy atom. The Balaban J connectivity index is 1.83. The largest absolute Gasteiger partial charge is 0.376 e. The van der Waals surface area contributed by atoms with Crippen LogP contribution in [0.25, 0.3) is 0 Å². The first kappa shape index (κ1) is 15.0. The molecule has 1 heterocycles. The van der Waals surface area contributed by atoms with E-state index in [-0.39, 0.29) is 12.5 Å². The Morgan fingerprint density at radius 1 is 1.38 bits per heavy atom. The molecule has 0 saturated heterocycles. The van der Waals surface area contributed by atoms with E-state index < -0.39 is 0 Å². The molecule has 0 saturated carbocycles. The molecule has 110 valence electrons. The number of aromatic nitrogens is 1. The lowest BCUT2D eigenvalue weighted by Crippen LogP contribution is -2.26. The van der Waals surface area contributed by atoms with Crippen LogP contribution in [0, 0.1) is 6.92 Å². The highest BCUT2D eigenvalue weighted by molar-refractivity contribution is 7.13. The van der Waals surface area contributed by atoms with E-state index in [9.17, 15) is 4.79 Å². The van der Waals surface area contributed by atoms with Crippen molar-refractivity contribution in [2.45, 2.75) is 13.8 Å². The summed E-state index contributed by atoms with van der Waals surface area (Å²) < 4.78 is 0. The summed E-state index contributed by atoms with van der Waals surface area (Å²) in [6.45, 7) is 3.93. The number of rotatable bonds is 5. The molecular weight excluding hydrogens is 286 g/mol. The van der Waals surface area contributed by atoms with Gasteiger partial charge in [-0.3, -0.25) is 4.79 Å². The summed E-state index contributed by atoms with van der Waals surface area (Å²) in [6.07, 6.45) is 0. The van der Waals surface area contributed by atoms with Crippen molar-refractivity contribution in [1.29, 1.82) is 0 Å². The van der Waals surface area contributed by atoms with Crippen molar-refractivity contribution in [3.05, 3.63) is 40.9 Å². The summed E-state index contributed by atoms with van der Waals surface area (Å²) in [7, 11) is 0. The Kier molecular flexibility index (Phi) is 4.89. The monoisotopic (exact) mass is 303 g/mol. The average molecular weight is 303 g/mol. The molecule has 2 aromatic rings. The van der Waals surface area contributed by atoms with Crippen molar-refractivity contribution in [3.8, 4) is 0 Å². The van der Waals surface area contributed by atoms with Gasteiger partial charge in [0.1, 0.15) is 0 Å². The number of nitrogen functional groups attached to an aromatic ring is 1. The molecule has 0 fully saturated rings. The van der Waals surface area contributed by atoms with Crippen molar-refractivity contribution in [3.63, 3.8) is 0 Å². The quantitative estimate of drug-likeness (QED) is 0.582. The lowest BCUT2D eigenvalue weighted by atomic mass is 10.2. The number of benzene rings is 1. The maximum absolute atomic E-state index is 11.7. The zero-order chi connectivity index (χ0) is 15.2. The third kappa shape index (κ3) is 4.57. The van der Waals surface area contributed by atoms with Crippen LogP contribution in [-0.2, 0) is 4.79 Å². The number of carbonyl (C=O) groups is 1. The maximum Gasteiger partial charge on any atom is 0.259 e. The van der Waals surface area contributed by atoms with Gasteiger partial charge >= 0.3 is 0 Å². The van der Waals surface area contributed by atoms with Gasteiger partial charge in [-0.2, -0.15) is 5.10 Å². The van der Waals surface area contributed by atoms with Gasteiger partial charge in [0.2, 0.25) is 0 Å². The molecule has 0 aliphatic rings. The van der Waals surface area contributed by atoms with E-state index in [0.29, 0.717) is 16.5 Å². The van der Waals surface area contributed by atoms with Crippen LogP contribution in [0.3, 0.4) is 0 Å². The summed E-state index contributed by atoms with van der Waals surface area (Å²) in [5, 5.41) is 9.30. The molecule has 0 spiro atoms. The van der Waals surface area contributed by atoms with Gasteiger partial charge in [0.25, 0.3) is 5.91 Å². The summed E-state index contributed by atoms with van der Waals surface area (Å²) in [5.74, 6) is -0.224. The number of hydrogen-bond donors (Lipinski definition) is 3. The Labute approximate surface area is 127 Å². The summed E-state index contributed by atoms with van der Waals surface area (Å²) >= 11 is 1.34. The first-order chi connectivity index (χ1) is 10.0. The van der Waals surface area contributed by atoms with Crippen molar-refractivity contribution < 1.29 is 4.79 Å². The second-order valence-electron chi connectivity index (χ2n) is 4.52. The molecule has 1 amide bonds. The highest BCUT2D eigenvalue weighted by Gasteiger charge is 2.04. The minimum atomic E-state index is -0.224. The molecule has 1 aromatic heterocycles. The summed E-state index contributed by atoms with van der Waals surface area (Å²) in [6, 6.07) is 7.81. The molecule has 6 nitrogen and oxygen atoms in total. The number of aryl methyl sites for hydroxylation is 1. The molecule has 0 atom stereocenters. The SMILES string of the molecule is CC(=NNC(=O)CNc1ccc(C)cc1)c1csc(N)n1. The van der Waals surface area contributed by atoms with Crippen molar-refractivity contribution in [1.82, 2.24) is 10.4 Å². The second kappa shape index (κ2) is 6.85. The van der Waals surface area contributed by atoms with Crippen LogP contribution < -0.4 is 16.5 Å². The van der Waals surface area contributed by atoms with Crippen LogP contribution in [-0.4, -0.2) is 23.1 Å². The van der Waals surface area contributed by atoms with Crippen LogP contribution in [0.1, 0.15) is 18.2 Å². The molecule has 4 N–H and O–H groups in total. The first-order valence-corrected chi connectivity index (χ1v) is 7.27. The summed E-state index contributed by atoms with van der Waals surface area (Å²) in [4.78, 5) is 15.8. The third-order valence-corrected chi connectivity index (χ3v) is 3.42. The third-order valence-electron chi connectivity index (χ3n) is 2.75. The van der Waals surface area contributed by atoms with Crippen molar-refractivity contribution >= 4 is 33.8 Å². The molecule has 0 aliphatic heterocycles. The van der Waals surface area contributed by atoms with Crippen LogP contribution in [0.15, 0.2) is 34.7 Å². The smallest absolute Gasteiger partial charge is 0.259 e. The minimum Gasteiger partial charge on any atom is -0.376 e. The highest BCUT2D eigenvalue weighted by Crippen LogP contribution is 2.11. The van der Waals surface area contributed by atoms with Gasteiger partial charge in [0, 0.05) is 11.1 Å². The zero-order valence-electron chi connectivity index (χ0n) is 11.9. The van der Waals surface area contributed by atoms with Gasteiger partial charge in [-0.15, -0.1) is 11.3 Å². The van der Waals surface area contributed by atoms with Crippen LogP contribution in [0.4, 0.5) is 10.8 Å². The minimum absolute atomic E-state index is 0.152. The number of nitrogens with two attached hydrogens (primary N) is 1. The predicted molar refractivity (Wildman–Crippen MR) is 86.5 cm³/mol. The van der Waals surface area contributed by atoms with E-state index in [0.717, 1.165) is 5.69 Å². The molecule has 1 aromatic carbocycles. The summed E-state index contributed by atoms with van der Waals surface area (Å²) in [5.41, 5.74) is 11.4. The van der Waals surface area contributed by atoms with Gasteiger partial charge in [0.15, 0.2) is 5.13 Å². The van der Waals surface area contributed by atoms with E-state index in [1.165, 1.54) is 16.9 Å². The Morgan fingerprint density at radius 3 is 2.71 bits per heavy atom. The van der Waals surface area contributed by atoms with Gasteiger partial charge in [0.05, 0.1) is 18.0 Å². The fourth-order valence-corrected chi connectivity index (χ4v) is 2.16. The molecule has 0 bridgehead atoms. The standard InChI is InChI=1S/C14H17N5OS/c1-9-3-5-11(6-4-9)16-7-13(20)19-18-10(2)12-8-21-14(15)17-12/h3-6,8,16H,7H2,1-2H3,(H2,15,17)(H,19,20). The maximum atomic E-state index is 11.7. The number of carbonyl (C=O) groups excluding carboxylic acids is 1. The number of anilines is 2. The highest BCUT2D eigenvalue weighted by atomic mass is 32.1. The van der Waals surface area contributed by atoms with Gasteiger partial charge in [-0.05, 0) is 26.0 Å². The lowest BCUT2D eigenvalue weighted by Gasteiger charge is -2.05. The fraction of sp³-hybridized carbons (Fsp3) is 0.214. The van der Waals surface area contributed by atoms with E-state index in [1.54, 1.807) is 12.3 Å². The first-order valence-electron chi connectivity index (χ1n) is 6.39. The van der Waals surface area contributed by atoms with E-state index >= 15 is 0 Å². The molecule has 7 heteroatoms. The number of amides is 1. The Hall–Kier alpha value is -2.41. The Bertz CT molecular complexity index is 648. The second-order valence-corrected chi connectivity index (χ2v) is 5.41. The van der Waals surface area contributed by atoms with E-state index in [2.05, 4.69) is 20.8 Å². The fourth-order valence-electron chi connectivity index (χ4n) is 1.55. The number of nitrogens with zero attached hydrogens (tertiary/aromatic N) is 2. The molecule has 0 radical (unpaired) electrons. The lowest BCUT2D eigenvalue weighted by molar-refractivity contribution is -0.119. The van der Waals surface area contributed by atoms with E-state index in [1.807, 2.05) is 31.2 Å².